The predicted molar refractivity (Wildman–Crippen MR) is 107 cm³/mol. The van der Waals surface area contributed by atoms with Gasteiger partial charge in [0.2, 0.25) is 0 Å². The molecule has 3 rings (SSSR count). The van der Waals surface area contributed by atoms with Gasteiger partial charge in [0.05, 0.1) is 14.2 Å². The van der Waals surface area contributed by atoms with Gasteiger partial charge in [0.15, 0.2) is 0 Å². The van der Waals surface area contributed by atoms with Gasteiger partial charge in [0, 0.05) is 24.5 Å². The fourth-order valence-electron chi connectivity index (χ4n) is 2.60. The highest BCUT2D eigenvalue weighted by Crippen LogP contribution is 2.17. The zero-order chi connectivity index (χ0) is 18.2. The summed E-state index contributed by atoms with van der Waals surface area (Å²) in [5.41, 5.74) is 4.65. The average molecular weight is 348 g/mol. The SMILES string of the molecule is COc1ccc(NCc2ccc(CNc3ccc(OC)cc3)cc2)cc1. The molecule has 3 aromatic rings. The van der Waals surface area contributed by atoms with Crippen LogP contribution in [0.2, 0.25) is 0 Å². The molecule has 0 aromatic heterocycles. The normalized spacial score (nSPS) is 10.2. The van der Waals surface area contributed by atoms with Crippen LogP contribution in [0.15, 0.2) is 72.8 Å². The summed E-state index contributed by atoms with van der Waals surface area (Å²) < 4.78 is 10.3. The second kappa shape index (κ2) is 8.81. The molecular formula is C22H24N2O2. The molecule has 0 aliphatic carbocycles. The summed E-state index contributed by atoms with van der Waals surface area (Å²) in [6.45, 7) is 1.58. The molecule has 26 heavy (non-hydrogen) atoms. The second-order valence-corrected chi connectivity index (χ2v) is 5.98. The lowest BCUT2D eigenvalue weighted by atomic mass is 10.1. The summed E-state index contributed by atoms with van der Waals surface area (Å²) in [6.07, 6.45) is 0. The van der Waals surface area contributed by atoms with Crippen LogP contribution in [0.4, 0.5) is 11.4 Å². The number of ether oxygens (including phenoxy) is 2. The maximum Gasteiger partial charge on any atom is 0.119 e. The van der Waals surface area contributed by atoms with Crippen molar-refractivity contribution in [1.29, 1.82) is 0 Å². The average Bonchev–Trinajstić information content (AvgIpc) is 2.72. The van der Waals surface area contributed by atoms with E-state index in [0.29, 0.717) is 0 Å². The van der Waals surface area contributed by atoms with Gasteiger partial charge >= 0.3 is 0 Å². The minimum Gasteiger partial charge on any atom is -0.497 e. The molecule has 4 nitrogen and oxygen atoms in total. The standard InChI is InChI=1S/C22H24N2O2/c1-25-21-11-7-19(8-12-21)23-15-17-3-5-18(6-4-17)16-24-20-9-13-22(26-2)14-10-20/h3-14,23-24H,15-16H2,1-2H3. The fraction of sp³-hybridized carbons (Fsp3) is 0.182. The van der Waals surface area contributed by atoms with Crippen molar-refractivity contribution in [2.24, 2.45) is 0 Å². The minimum atomic E-state index is 0.790. The molecule has 2 N–H and O–H groups in total. The number of nitrogens with one attached hydrogen (secondary N) is 2. The summed E-state index contributed by atoms with van der Waals surface area (Å²) >= 11 is 0. The lowest BCUT2D eigenvalue weighted by Crippen LogP contribution is -2.01. The van der Waals surface area contributed by atoms with E-state index in [0.717, 1.165) is 36.0 Å². The highest BCUT2D eigenvalue weighted by molar-refractivity contribution is 5.48. The topological polar surface area (TPSA) is 42.5 Å². The van der Waals surface area contributed by atoms with Gasteiger partial charge in [-0.1, -0.05) is 24.3 Å². The molecule has 0 aliphatic heterocycles. The summed E-state index contributed by atoms with van der Waals surface area (Å²) in [5, 5.41) is 6.83. The number of rotatable bonds is 8. The van der Waals surface area contributed by atoms with Crippen molar-refractivity contribution < 1.29 is 9.47 Å². The first-order valence-electron chi connectivity index (χ1n) is 8.60. The van der Waals surface area contributed by atoms with Gasteiger partial charge in [-0.05, 0) is 59.7 Å². The lowest BCUT2D eigenvalue weighted by Gasteiger charge is -2.10. The molecule has 4 heteroatoms. The zero-order valence-corrected chi connectivity index (χ0v) is 15.2. The van der Waals surface area contributed by atoms with Crippen molar-refractivity contribution in [3.63, 3.8) is 0 Å². The highest BCUT2D eigenvalue weighted by Gasteiger charge is 1.98. The van der Waals surface area contributed by atoms with Crippen LogP contribution in [-0.4, -0.2) is 14.2 Å². The zero-order valence-electron chi connectivity index (χ0n) is 15.2. The number of hydrogen-bond donors (Lipinski definition) is 2. The van der Waals surface area contributed by atoms with E-state index in [2.05, 4.69) is 34.9 Å². The molecule has 0 amide bonds. The third kappa shape index (κ3) is 4.93. The van der Waals surface area contributed by atoms with Crippen LogP contribution in [-0.2, 0) is 13.1 Å². The van der Waals surface area contributed by atoms with Crippen molar-refractivity contribution in [3.05, 3.63) is 83.9 Å². The van der Waals surface area contributed by atoms with E-state index >= 15 is 0 Å². The van der Waals surface area contributed by atoms with Crippen LogP contribution in [0.5, 0.6) is 11.5 Å². The molecule has 0 bridgehead atoms. The van der Waals surface area contributed by atoms with Crippen molar-refractivity contribution in [3.8, 4) is 11.5 Å². The summed E-state index contributed by atoms with van der Waals surface area (Å²) in [4.78, 5) is 0. The Kier molecular flexibility index (Phi) is 5.99. The Morgan fingerprint density at radius 2 is 0.885 bits per heavy atom. The van der Waals surface area contributed by atoms with Gasteiger partial charge in [0.1, 0.15) is 11.5 Å². The Balaban J connectivity index is 1.49. The van der Waals surface area contributed by atoms with Crippen molar-refractivity contribution >= 4 is 11.4 Å². The molecule has 0 aliphatic rings. The molecule has 134 valence electrons. The van der Waals surface area contributed by atoms with E-state index in [1.165, 1.54) is 11.1 Å². The first-order valence-corrected chi connectivity index (χ1v) is 8.60. The van der Waals surface area contributed by atoms with E-state index in [1.807, 2.05) is 48.5 Å². The quantitative estimate of drug-likeness (QED) is 0.606. The largest absolute Gasteiger partial charge is 0.497 e. The Labute approximate surface area is 154 Å². The van der Waals surface area contributed by atoms with Crippen LogP contribution in [0, 0.1) is 0 Å². The molecule has 0 saturated heterocycles. The van der Waals surface area contributed by atoms with Gasteiger partial charge in [-0.15, -0.1) is 0 Å². The fourth-order valence-corrected chi connectivity index (χ4v) is 2.60. The molecule has 0 unspecified atom stereocenters. The third-order valence-corrected chi connectivity index (χ3v) is 4.20. The molecule has 0 atom stereocenters. The van der Waals surface area contributed by atoms with E-state index in [4.69, 9.17) is 9.47 Å². The highest BCUT2D eigenvalue weighted by atomic mass is 16.5. The van der Waals surface area contributed by atoms with Crippen LogP contribution in [0.1, 0.15) is 11.1 Å². The number of methoxy groups -OCH3 is 2. The molecule has 3 aromatic carbocycles. The van der Waals surface area contributed by atoms with E-state index < -0.39 is 0 Å². The van der Waals surface area contributed by atoms with Gasteiger partial charge in [-0.25, -0.2) is 0 Å². The summed E-state index contributed by atoms with van der Waals surface area (Å²) in [5.74, 6) is 1.73. The first kappa shape index (κ1) is 17.7. The van der Waals surface area contributed by atoms with Gasteiger partial charge in [0.25, 0.3) is 0 Å². The molecule has 0 fully saturated rings. The molecule has 0 saturated carbocycles. The van der Waals surface area contributed by atoms with Crippen LogP contribution < -0.4 is 20.1 Å². The van der Waals surface area contributed by atoms with E-state index in [-0.39, 0.29) is 0 Å². The van der Waals surface area contributed by atoms with E-state index in [1.54, 1.807) is 14.2 Å². The first-order chi connectivity index (χ1) is 12.8. The monoisotopic (exact) mass is 348 g/mol. The van der Waals surface area contributed by atoms with Crippen LogP contribution >= 0.6 is 0 Å². The Morgan fingerprint density at radius 1 is 0.538 bits per heavy atom. The van der Waals surface area contributed by atoms with Gasteiger partial charge < -0.3 is 20.1 Å². The Bertz CT molecular complexity index is 727. The Morgan fingerprint density at radius 3 is 1.19 bits per heavy atom. The van der Waals surface area contributed by atoms with Gasteiger partial charge in [-0.3, -0.25) is 0 Å². The van der Waals surface area contributed by atoms with Crippen molar-refractivity contribution in [2.45, 2.75) is 13.1 Å². The smallest absolute Gasteiger partial charge is 0.119 e. The maximum absolute atomic E-state index is 5.17. The minimum absolute atomic E-state index is 0.790. The third-order valence-electron chi connectivity index (χ3n) is 4.20. The molecule has 0 spiro atoms. The predicted octanol–water partition coefficient (Wildman–Crippen LogP) is 4.93. The molecular weight excluding hydrogens is 324 g/mol. The molecule has 0 heterocycles. The second-order valence-electron chi connectivity index (χ2n) is 5.98. The number of benzene rings is 3. The van der Waals surface area contributed by atoms with Gasteiger partial charge in [-0.2, -0.15) is 0 Å². The number of anilines is 2. The van der Waals surface area contributed by atoms with Crippen LogP contribution in [0.25, 0.3) is 0 Å². The van der Waals surface area contributed by atoms with E-state index in [9.17, 15) is 0 Å². The molecule has 0 radical (unpaired) electrons. The summed E-state index contributed by atoms with van der Waals surface area (Å²) in [7, 11) is 3.35. The lowest BCUT2D eigenvalue weighted by molar-refractivity contribution is 0.415. The number of hydrogen-bond acceptors (Lipinski definition) is 4. The maximum atomic E-state index is 5.17. The van der Waals surface area contributed by atoms with Crippen molar-refractivity contribution in [2.75, 3.05) is 24.9 Å². The summed E-state index contributed by atoms with van der Waals surface area (Å²) in [6, 6.07) is 24.5. The van der Waals surface area contributed by atoms with Crippen molar-refractivity contribution in [1.82, 2.24) is 0 Å². The Hall–Kier alpha value is -3.14. The van der Waals surface area contributed by atoms with Crippen LogP contribution in [0.3, 0.4) is 0 Å².